The van der Waals surface area contributed by atoms with Crippen molar-refractivity contribution in [1.29, 1.82) is 0 Å². The number of carbonyl (C=O) groups excluding carboxylic acids is 2. The van der Waals surface area contributed by atoms with Gasteiger partial charge in [-0.3, -0.25) is 19.7 Å². The highest BCUT2D eigenvalue weighted by atomic mass is 16.6. The van der Waals surface area contributed by atoms with E-state index in [9.17, 15) is 19.7 Å². The first-order valence-electron chi connectivity index (χ1n) is 9.09. The van der Waals surface area contributed by atoms with Crippen LogP contribution in [0.15, 0.2) is 42.5 Å². The molecule has 2 aromatic carbocycles. The molecule has 0 unspecified atom stereocenters. The SMILES string of the molecule is CCOc1ccc(NC(=O)[C@H]2CC(=O)N(c3ccc([N+](=O)[O-])cc3OC)C2)cc1. The Kier molecular flexibility index (Phi) is 5.96. The van der Waals surface area contributed by atoms with E-state index in [4.69, 9.17) is 9.47 Å². The maximum Gasteiger partial charge on any atom is 0.273 e. The quantitative estimate of drug-likeness (QED) is 0.566. The van der Waals surface area contributed by atoms with Gasteiger partial charge in [-0.15, -0.1) is 0 Å². The summed E-state index contributed by atoms with van der Waals surface area (Å²) in [5, 5.41) is 13.8. The van der Waals surface area contributed by atoms with E-state index in [1.807, 2.05) is 6.92 Å². The Morgan fingerprint density at radius 1 is 1.28 bits per heavy atom. The number of anilines is 2. The molecule has 9 heteroatoms. The normalized spacial score (nSPS) is 15.9. The molecule has 0 aromatic heterocycles. The van der Waals surface area contributed by atoms with Crippen molar-refractivity contribution >= 4 is 28.9 Å². The predicted molar refractivity (Wildman–Crippen MR) is 106 cm³/mol. The van der Waals surface area contributed by atoms with Gasteiger partial charge in [0, 0.05) is 24.7 Å². The molecule has 0 saturated carbocycles. The van der Waals surface area contributed by atoms with Crippen LogP contribution in [0.5, 0.6) is 11.5 Å². The zero-order valence-electron chi connectivity index (χ0n) is 16.1. The summed E-state index contributed by atoms with van der Waals surface area (Å²) in [4.78, 5) is 36.9. The van der Waals surface area contributed by atoms with Gasteiger partial charge in [0.25, 0.3) is 5.69 Å². The van der Waals surface area contributed by atoms with Crippen LogP contribution >= 0.6 is 0 Å². The van der Waals surface area contributed by atoms with Crippen molar-refractivity contribution in [1.82, 2.24) is 0 Å². The zero-order valence-corrected chi connectivity index (χ0v) is 16.1. The van der Waals surface area contributed by atoms with E-state index >= 15 is 0 Å². The molecule has 1 atom stereocenters. The van der Waals surface area contributed by atoms with Crippen LogP contribution in [-0.4, -0.2) is 37.0 Å². The van der Waals surface area contributed by atoms with E-state index in [0.29, 0.717) is 23.7 Å². The highest BCUT2D eigenvalue weighted by molar-refractivity contribution is 6.04. The molecule has 0 spiro atoms. The van der Waals surface area contributed by atoms with Gasteiger partial charge in [0.05, 0.1) is 36.3 Å². The van der Waals surface area contributed by atoms with Gasteiger partial charge < -0.3 is 19.7 Å². The Morgan fingerprint density at radius 2 is 2.00 bits per heavy atom. The summed E-state index contributed by atoms with van der Waals surface area (Å²) in [5.74, 6) is -0.151. The average Bonchev–Trinajstić information content (AvgIpc) is 3.10. The van der Waals surface area contributed by atoms with Gasteiger partial charge in [-0.25, -0.2) is 0 Å². The highest BCUT2D eigenvalue weighted by Crippen LogP contribution is 2.36. The topological polar surface area (TPSA) is 111 Å². The van der Waals surface area contributed by atoms with E-state index in [2.05, 4.69) is 5.32 Å². The van der Waals surface area contributed by atoms with Gasteiger partial charge >= 0.3 is 0 Å². The fourth-order valence-corrected chi connectivity index (χ4v) is 3.16. The van der Waals surface area contributed by atoms with Gasteiger partial charge in [-0.05, 0) is 37.3 Å². The standard InChI is InChI=1S/C20H21N3O6/c1-3-29-16-7-4-14(5-8-16)21-20(25)13-10-19(24)22(12-13)17-9-6-15(23(26)27)11-18(17)28-2/h4-9,11,13H,3,10,12H2,1-2H3,(H,21,25)/t13-/m0/s1. The Morgan fingerprint density at radius 3 is 2.62 bits per heavy atom. The molecule has 2 aromatic rings. The first kappa shape index (κ1) is 20.1. The van der Waals surface area contributed by atoms with Crippen molar-refractivity contribution in [2.24, 2.45) is 5.92 Å². The molecule has 0 aliphatic carbocycles. The third-order valence-corrected chi connectivity index (χ3v) is 4.59. The first-order chi connectivity index (χ1) is 13.9. The number of methoxy groups -OCH3 is 1. The largest absolute Gasteiger partial charge is 0.494 e. The Bertz CT molecular complexity index is 928. The lowest BCUT2D eigenvalue weighted by Gasteiger charge is -2.19. The number of hydrogen-bond acceptors (Lipinski definition) is 6. The molecule has 1 N–H and O–H groups in total. The third-order valence-electron chi connectivity index (χ3n) is 4.59. The molecule has 3 rings (SSSR count). The molecule has 9 nitrogen and oxygen atoms in total. The zero-order chi connectivity index (χ0) is 21.0. The number of benzene rings is 2. The van der Waals surface area contributed by atoms with Crippen LogP contribution in [0.25, 0.3) is 0 Å². The predicted octanol–water partition coefficient (Wildman–Crippen LogP) is 2.99. The van der Waals surface area contributed by atoms with Gasteiger partial charge in [-0.2, -0.15) is 0 Å². The number of nitro benzene ring substituents is 1. The molecule has 152 valence electrons. The molecule has 1 heterocycles. The van der Waals surface area contributed by atoms with E-state index in [0.717, 1.165) is 0 Å². The number of nitrogens with zero attached hydrogens (tertiary/aromatic N) is 2. The van der Waals surface area contributed by atoms with Crippen molar-refractivity contribution in [3.05, 3.63) is 52.6 Å². The number of amides is 2. The average molecular weight is 399 g/mol. The molecular weight excluding hydrogens is 378 g/mol. The maximum absolute atomic E-state index is 12.6. The Balaban J connectivity index is 1.71. The number of nitro groups is 1. The van der Waals surface area contributed by atoms with Crippen LogP contribution in [0, 0.1) is 16.0 Å². The van der Waals surface area contributed by atoms with Crippen molar-refractivity contribution in [2.45, 2.75) is 13.3 Å². The van der Waals surface area contributed by atoms with E-state index in [-0.39, 0.29) is 36.2 Å². The molecule has 1 aliphatic rings. The van der Waals surface area contributed by atoms with E-state index in [1.165, 1.54) is 30.2 Å². The van der Waals surface area contributed by atoms with Crippen LogP contribution in [0.3, 0.4) is 0 Å². The number of hydrogen-bond donors (Lipinski definition) is 1. The van der Waals surface area contributed by atoms with Crippen molar-refractivity contribution in [3.8, 4) is 11.5 Å². The fourth-order valence-electron chi connectivity index (χ4n) is 3.16. The lowest BCUT2D eigenvalue weighted by Crippen LogP contribution is -2.28. The summed E-state index contributed by atoms with van der Waals surface area (Å²) in [7, 11) is 1.37. The molecule has 1 aliphatic heterocycles. The molecule has 0 bridgehead atoms. The first-order valence-corrected chi connectivity index (χ1v) is 9.09. The monoisotopic (exact) mass is 399 g/mol. The molecule has 2 amide bonds. The second kappa shape index (κ2) is 8.59. The van der Waals surface area contributed by atoms with E-state index < -0.39 is 10.8 Å². The van der Waals surface area contributed by atoms with Crippen LogP contribution < -0.4 is 19.7 Å². The minimum atomic E-state index is -0.547. The van der Waals surface area contributed by atoms with Crippen LogP contribution in [0.4, 0.5) is 17.1 Å². The minimum absolute atomic E-state index is 0.0446. The van der Waals surface area contributed by atoms with Gasteiger partial charge in [0.1, 0.15) is 11.5 Å². The minimum Gasteiger partial charge on any atom is -0.494 e. The summed E-state index contributed by atoms with van der Waals surface area (Å²) in [6.45, 7) is 2.60. The summed E-state index contributed by atoms with van der Waals surface area (Å²) < 4.78 is 10.6. The number of carbonyl (C=O) groups is 2. The molecular formula is C20H21N3O6. The lowest BCUT2D eigenvalue weighted by atomic mass is 10.1. The molecule has 29 heavy (non-hydrogen) atoms. The van der Waals surface area contributed by atoms with Crippen molar-refractivity contribution in [2.75, 3.05) is 30.5 Å². The summed E-state index contributed by atoms with van der Waals surface area (Å²) in [6.07, 6.45) is 0.0446. The van der Waals surface area contributed by atoms with Gasteiger partial charge in [0.15, 0.2) is 0 Å². The second-order valence-electron chi connectivity index (χ2n) is 6.47. The van der Waals surface area contributed by atoms with Crippen molar-refractivity contribution in [3.63, 3.8) is 0 Å². The van der Waals surface area contributed by atoms with Gasteiger partial charge in [0.2, 0.25) is 11.8 Å². The fraction of sp³-hybridized carbons (Fsp3) is 0.300. The number of non-ortho nitro benzene ring substituents is 1. The highest BCUT2D eigenvalue weighted by Gasteiger charge is 2.36. The number of nitrogens with one attached hydrogen (secondary N) is 1. The van der Waals surface area contributed by atoms with Crippen LogP contribution in [-0.2, 0) is 9.59 Å². The third kappa shape index (κ3) is 4.45. The summed E-state index contributed by atoms with van der Waals surface area (Å²) in [5.41, 5.74) is 0.874. The second-order valence-corrected chi connectivity index (χ2v) is 6.47. The number of ether oxygens (including phenoxy) is 2. The Hall–Kier alpha value is -3.62. The van der Waals surface area contributed by atoms with Gasteiger partial charge in [-0.1, -0.05) is 0 Å². The van der Waals surface area contributed by atoms with Crippen LogP contribution in [0.2, 0.25) is 0 Å². The van der Waals surface area contributed by atoms with E-state index in [1.54, 1.807) is 24.3 Å². The summed E-state index contributed by atoms with van der Waals surface area (Å²) in [6, 6.07) is 11.0. The molecule has 0 radical (unpaired) electrons. The molecule has 1 saturated heterocycles. The number of rotatable bonds is 7. The van der Waals surface area contributed by atoms with Crippen molar-refractivity contribution < 1.29 is 24.0 Å². The lowest BCUT2D eigenvalue weighted by molar-refractivity contribution is -0.384. The smallest absolute Gasteiger partial charge is 0.273 e. The van der Waals surface area contributed by atoms with Crippen LogP contribution in [0.1, 0.15) is 13.3 Å². The Labute approximate surface area is 167 Å². The maximum atomic E-state index is 12.6. The molecule has 1 fully saturated rings. The summed E-state index contributed by atoms with van der Waals surface area (Å²) >= 11 is 0.